The molecule has 2 aliphatic heterocycles. The highest BCUT2D eigenvalue weighted by molar-refractivity contribution is 7.89. The van der Waals surface area contributed by atoms with Crippen LogP contribution in [0.2, 0.25) is 0 Å². The van der Waals surface area contributed by atoms with Crippen molar-refractivity contribution in [2.45, 2.75) is 32.4 Å². The lowest BCUT2D eigenvalue weighted by Crippen LogP contribution is -2.56. The molecule has 0 saturated carbocycles. The average Bonchev–Trinajstić information content (AvgIpc) is 2.73. The van der Waals surface area contributed by atoms with E-state index in [1.54, 1.807) is 4.31 Å². The maximum Gasteiger partial charge on any atom is 0.214 e. The van der Waals surface area contributed by atoms with Crippen LogP contribution in [0, 0.1) is 5.92 Å². The summed E-state index contributed by atoms with van der Waals surface area (Å²) in [7, 11) is -3.14. The normalized spacial score (nSPS) is 36.2. The molecule has 0 aliphatic carbocycles. The van der Waals surface area contributed by atoms with Gasteiger partial charge in [-0.05, 0) is 26.2 Å². The van der Waals surface area contributed by atoms with Crippen LogP contribution in [-0.2, 0) is 14.8 Å². The van der Waals surface area contributed by atoms with E-state index in [9.17, 15) is 8.42 Å². The van der Waals surface area contributed by atoms with Crippen molar-refractivity contribution in [3.63, 3.8) is 0 Å². The van der Waals surface area contributed by atoms with Gasteiger partial charge in [-0.1, -0.05) is 0 Å². The van der Waals surface area contributed by atoms with Gasteiger partial charge in [0.25, 0.3) is 0 Å². The van der Waals surface area contributed by atoms with Crippen LogP contribution in [0.1, 0.15) is 20.3 Å². The van der Waals surface area contributed by atoms with E-state index >= 15 is 0 Å². The standard InChI is InChI=1S/C11H22N2O3S/c1-9-6-13(10(2)5-12-9)17(14,15)8-11-3-4-16-7-11/h9-12H,3-8H2,1-2H3. The van der Waals surface area contributed by atoms with Gasteiger partial charge in [-0.3, -0.25) is 0 Å². The summed E-state index contributed by atoms with van der Waals surface area (Å²) in [6.07, 6.45) is 0.870. The number of hydrogen-bond donors (Lipinski definition) is 1. The highest BCUT2D eigenvalue weighted by Gasteiger charge is 2.34. The maximum absolute atomic E-state index is 12.3. The van der Waals surface area contributed by atoms with Crippen LogP contribution in [0.25, 0.3) is 0 Å². The molecular formula is C11H22N2O3S. The van der Waals surface area contributed by atoms with Crippen LogP contribution in [-0.4, -0.2) is 56.9 Å². The van der Waals surface area contributed by atoms with E-state index in [4.69, 9.17) is 4.74 Å². The molecule has 0 radical (unpaired) electrons. The molecule has 0 spiro atoms. The fraction of sp³-hybridized carbons (Fsp3) is 1.00. The molecule has 2 heterocycles. The van der Waals surface area contributed by atoms with Crippen LogP contribution < -0.4 is 5.32 Å². The van der Waals surface area contributed by atoms with Crippen LogP contribution in [0.4, 0.5) is 0 Å². The Labute approximate surface area is 104 Å². The summed E-state index contributed by atoms with van der Waals surface area (Å²) < 4.78 is 31.6. The number of nitrogens with one attached hydrogen (secondary N) is 1. The predicted molar refractivity (Wildman–Crippen MR) is 66.3 cm³/mol. The molecule has 2 rings (SSSR count). The predicted octanol–water partition coefficient (Wildman–Crippen LogP) is 0.0349. The number of piperazine rings is 1. The first-order valence-electron chi connectivity index (χ1n) is 6.29. The van der Waals surface area contributed by atoms with Crippen molar-refractivity contribution < 1.29 is 13.2 Å². The largest absolute Gasteiger partial charge is 0.381 e. The first-order valence-corrected chi connectivity index (χ1v) is 7.90. The number of rotatable bonds is 3. The van der Waals surface area contributed by atoms with Crippen molar-refractivity contribution in [1.29, 1.82) is 0 Å². The summed E-state index contributed by atoms with van der Waals surface area (Å²) in [5.74, 6) is 0.418. The van der Waals surface area contributed by atoms with Crippen molar-refractivity contribution in [1.82, 2.24) is 9.62 Å². The summed E-state index contributed by atoms with van der Waals surface area (Å²) in [6.45, 7) is 6.59. The summed E-state index contributed by atoms with van der Waals surface area (Å²) in [6, 6.07) is 0.291. The quantitative estimate of drug-likeness (QED) is 0.780. The molecule has 0 aromatic heterocycles. The Morgan fingerprint density at radius 3 is 2.82 bits per heavy atom. The lowest BCUT2D eigenvalue weighted by molar-refractivity contribution is 0.187. The monoisotopic (exact) mass is 262 g/mol. The van der Waals surface area contributed by atoms with Crippen molar-refractivity contribution in [3.05, 3.63) is 0 Å². The summed E-state index contributed by atoms with van der Waals surface area (Å²) in [4.78, 5) is 0. The van der Waals surface area contributed by atoms with E-state index in [-0.39, 0.29) is 23.8 Å². The van der Waals surface area contributed by atoms with Crippen LogP contribution in [0.5, 0.6) is 0 Å². The molecule has 6 heteroatoms. The van der Waals surface area contributed by atoms with E-state index in [2.05, 4.69) is 5.32 Å². The van der Waals surface area contributed by atoms with Gasteiger partial charge < -0.3 is 10.1 Å². The Balaban J connectivity index is 2.02. The SMILES string of the molecule is CC1CN(S(=O)(=O)CC2CCOC2)C(C)CN1. The smallest absolute Gasteiger partial charge is 0.214 e. The zero-order chi connectivity index (χ0) is 12.5. The van der Waals surface area contributed by atoms with Gasteiger partial charge in [0.15, 0.2) is 0 Å². The molecule has 0 bridgehead atoms. The van der Waals surface area contributed by atoms with E-state index < -0.39 is 10.0 Å². The van der Waals surface area contributed by atoms with Gasteiger partial charge in [-0.15, -0.1) is 0 Å². The summed E-state index contributed by atoms with van der Waals surface area (Å²) in [5.41, 5.74) is 0. The average molecular weight is 262 g/mol. The molecule has 0 amide bonds. The number of hydrogen-bond acceptors (Lipinski definition) is 4. The Morgan fingerprint density at radius 1 is 1.41 bits per heavy atom. The van der Waals surface area contributed by atoms with Crippen LogP contribution in [0.15, 0.2) is 0 Å². The molecule has 0 aromatic carbocycles. The Bertz CT molecular complexity index is 352. The zero-order valence-corrected chi connectivity index (χ0v) is 11.4. The molecule has 2 saturated heterocycles. The Morgan fingerprint density at radius 2 is 2.18 bits per heavy atom. The fourth-order valence-corrected chi connectivity index (χ4v) is 4.61. The summed E-state index contributed by atoms with van der Waals surface area (Å²) in [5, 5.41) is 3.30. The zero-order valence-electron chi connectivity index (χ0n) is 10.6. The first kappa shape index (κ1) is 13.3. The molecule has 5 nitrogen and oxygen atoms in total. The van der Waals surface area contributed by atoms with E-state index in [1.807, 2.05) is 13.8 Å². The van der Waals surface area contributed by atoms with Crippen LogP contribution in [0.3, 0.4) is 0 Å². The lowest BCUT2D eigenvalue weighted by Gasteiger charge is -2.36. The van der Waals surface area contributed by atoms with E-state index in [0.29, 0.717) is 19.8 Å². The molecule has 17 heavy (non-hydrogen) atoms. The maximum atomic E-state index is 12.3. The second-order valence-corrected chi connectivity index (χ2v) is 7.20. The third-order valence-electron chi connectivity index (χ3n) is 3.53. The minimum Gasteiger partial charge on any atom is -0.381 e. The second-order valence-electron chi connectivity index (χ2n) is 5.24. The van der Waals surface area contributed by atoms with Crippen molar-refractivity contribution >= 4 is 10.0 Å². The van der Waals surface area contributed by atoms with Gasteiger partial charge in [-0.25, -0.2) is 8.42 Å². The Hall–Kier alpha value is -0.170. The molecule has 2 fully saturated rings. The van der Waals surface area contributed by atoms with E-state index in [1.165, 1.54) is 0 Å². The van der Waals surface area contributed by atoms with Gasteiger partial charge >= 0.3 is 0 Å². The fourth-order valence-electron chi connectivity index (χ4n) is 2.48. The van der Waals surface area contributed by atoms with Gasteiger partial charge in [0.2, 0.25) is 10.0 Å². The molecule has 2 aliphatic rings. The van der Waals surface area contributed by atoms with Gasteiger partial charge in [0.05, 0.1) is 12.4 Å². The van der Waals surface area contributed by atoms with Crippen LogP contribution >= 0.6 is 0 Å². The highest BCUT2D eigenvalue weighted by Crippen LogP contribution is 2.20. The number of nitrogens with zero attached hydrogens (tertiary/aromatic N) is 1. The third-order valence-corrected chi connectivity index (χ3v) is 5.65. The van der Waals surface area contributed by atoms with Gasteiger partial charge in [0, 0.05) is 31.8 Å². The number of sulfonamides is 1. The van der Waals surface area contributed by atoms with Gasteiger partial charge in [0.1, 0.15) is 0 Å². The highest BCUT2D eigenvalue weighted by atomic mass is 32.2. The first-order chi connectivity index (χ1) is 7.99. The molecule has 100 valence electrons. The van der Waals surface area contributed by atoms with Crippen molar-refractivity contribution in [2.75, 3.05) is 32.1 Å². The minimum absolute atomic E-state index is 0.0542. The lowest BCUT2D eigenvalue weighted by atomic mass is 10.2. The molecule has 3 unspecified atom stereocenters. The van der Waals surface area contributed by atoms with Crippen molar-refractivity contribution in [2.24, 2.45) is 5.92 Å². The second kappa shape index (κ2) is 5.22. The summed E-state index contributed by atoms with van der Waals surface area (Å²) >= 11 is 0. The molecular weight excluding hydrogens is 240 g/mol. The van der Waals surface area contributed by atoms with Gasteiger partial charge in [-0.2, -0.15) is 4.31 Å². The molecule has 0 aromatic rings. The topological polar surface area (TPSA) is 58.6 Å². The molecule has 3 atom stereocenters. The number of ether oxygens (including phenoxy) is 1. The molecule has 1 N–H and O–H groups in total. The Kier molecular flexibility index (Phi) is 4.07. The van der Waals surface area contributed by atoms with Crippen molar-refractivity contribution in [3.8, 4) is 0 Å². The third kappa shape index (κ3) is 3.19. The van der Waals surface area contributed by atoms with E-state index in [0.717, 1.165) is 13.0 Å². The minimum atomic E-state index is -3.14.